The number of amides is 2. The standard InChI is InChI=1S/C22H22N8O6/c1-22(33,21(32)25-12-3-4-14-15(9-12)36-28-19(14)23)18-20(31)29(7-8-35-18)16-5-6-30(27-16)13-10-17(34-2)26-24-11-13/h3-6,9-11,18,33H,7-8H2,1-2H3,(H2,23,28)(H,25,32). The molecule has 0 saturated carbocycles. The third kappa shape index (κ3) is 4.08. The summed E-state index contributed by atoms with van der Waals surface area (Å²) in [5, 5.41) is 30.0. The molecule has 1 aromatic carbocycles. The number of hydrogen-bond acceptors (Lipinski definition) is 11. The molecule has 36 heavy (non-hydrogen) atoms. The van der Waals surface area contributed by atoms with Gasteiger partial charge < -0.3 is 30.2 Å². The average molecular weight is 494 g/mol. The number of hydrogen-bond donors (Lipinski definition) is 3. The molecule has 2 amide bonds. The van der Waals surface area contributed by atoms with E-state index in [1.807, 2.05) is 0 Å². The van der Waals surface area contributed by atoms with Crippen LogP contribution in [0.1, 0.15) is 6.92 Å². The largest absolute Gasteiger partial charge is 0.480 e. The Morgan fingerprint density at radius 3 is 2.97 bits per heavy atom. The van der Waals surface area contributed by atoms with Gasteiger partial charge in [0.1, 0.15) is 0 Å². The number of rotatable bonds is 6. The number of fused-ring (bicyclic) bond motifs is 1. The van der Waals surface area contributed by atoms with Crippen molar-refractivity contribution in [3.8, 4) is 11.6 Å². The first kappa shape index (κ1) is 23.2. The van der Waals surface area contributed by atoms with Crippen molar-refractivity contribution in [2.75, 3.05) is 36.2 Å². The number of nitrogens with two attached hydrogens (primary N) is 1. The Hall–Kier alpha value is -4.56. The summed E-state index contributed by atoms with van der Waals surface area (Å²) in [7, 11) is 1.47. The molecule has 3 aromatic heterocycles. The molecule has 1 aliphatic rings. The van der Waals surface area contributed by atoms with Crippen LogP contribution in [0.25, 0.3) is 16.7 Å². The zero-order valence-electron chi connectivity index (χ0n) is 19.3. The second-order valence-electron chi connectivity index (χ2n) is 8.20. The number of aromatic nitrogens is 5. The summed E-state index contributed by atoms with van der Waals surface area (Å²) < 4.78 is 17.2. The van der Waals surface area contributed by atoms with Crippen molar-refractivity contribution < 1.29 is 28.7 Å². The number of morpholine rings is 1. The lowest BCUT2D eigenvalue weighted by Gasteiger charge is -2.37. The Balaban J connectivity index is 1.33. The molecular weight excluding hydrogens is 472 g/mol. The Kier molecular flexibility index (Phi) is 5.74. The summed E-state index contributed by atoms with van der Waals surface area (Å²) in [5.41, 5.74) is 4.77. The predicted molar refractivity (Wildman–Crippen MR) is 125 cm³/mol. The molecule has 1 saturated heterocycles. The van der Waals surface area contributed by atoms with Crippen LogP contribution < -0.4 is 20.7 Å². The molecule has 186 valence electrons. The van der Waals surface area contributed by atoms with Gasteiger partial charge in [0.25, 0.3) is 11.8 Å². The molecule has 0 bridgehead atoms. The van der Waals surface area contributed by atoms with Crippen molar-refractivity contribution in [1.82, 2.24) is 25.1 Å². The van der Waals surface area contributed by atoms with Gasteiger partial charge in [0.2, 0.25) is 5.88 Å². The van der Waals surface area contributed by atoms with Gasteiger partial charge in [-0.15, -0.1) is 10.2 Å². The number of carbonyl (C=O) groups is 2. The molecule has 4 aromatic rings. The van der Waals surface area contributed by atoms with Crippen molar-refractivity contribution in [3.05, 3.63) is 42.7 Å². The maximum Gasteiger partial charge on any atom is 0.260 e. The molecule has 2 atom stereocenters. The van der Waals surface area contributed by atoms with Gasteiger partial charge in [-0.05, 0) is 19.1 Å². The highest BCUT2D eigenvalue weighted by atomic mass is 16.5. The number of benzene rings is 1. The number of nitrogens with one attached hydrogen (secondary N) is 1. The van der Waals surface area contributed by atoms with Crippen molar-refractivity contribution in [3.63, 3.8) is 0 Å². The predicted octanol–water partition coefficient (Wildman–Crippen LogP) is 0.516. The van der Waals surface area contributed by atoms with Gasteiger partial charge >= 0.3 is 0 Å². The summed E-state index contributed by atoms with van der Waals surface area (Å²) in [6, 6.07) is 7.97. The number of anilines is 3. The second-order valence-corrected chi connectivity index (χ2v) is 8.20. The van der Waals surface area contributed by atoms with E-state index in [0.717, 1.165) is 0 Å². The van der Waals surface area contributed by atoms with Crippen LogP contribution in [0.2, 0.25) is 0 Å². The van der Waals surface area contributed by atoms with Crippen LogP contribution in [0.3, 0.4) is 0 Å². The minimum atomic E-state index is -2.20. The zero-order valence-corrected chi connectivity index (χ0v) is 19.3. The zero-order chi connectivity index (χ0) is 25.4. The first-order valence-electron chi connectivity index (χ1n) is 10.8. The summed E-state index contributed by atoms with van der Waals surface area (Å²) in [5.74, 6) is -0.614. The molecular formula is C22H22N8O6. The van der Waals surface area contributed by atoms with E-state index >= 15 is 0 Å². The molecule has 14 heteroatoms. The topological polar surface area (TPSA) is 184 Å². The van der Waals surface area contributed by atoms with Crippen LogP contribution in [0.4, 0.5) is 17.3 Å². The normalized spacial score (nSPS) is 17.7. The second kappa shape index (κ2) is 8.90. The lowest BCUT2D eigenvalue weighted by atomic mass is 9.95. The molecule has 14 nitrogen and oxygen atoms in total. The minimum absolute atomic E-state index is 0.0840. The fourth-order valence-electron chi connectivity index (χ4n) is 3.79. The van der Waals surface area contributed by atoms with E-state index in [9.17, 15) is 14.7 Å². The lowest BCUT2D eigenvalue weighted by molar-refractivity contribution is -0.165. The summed E-state index contributed by atoms with van der Waals surface area (Å²) in [4.78, 5) is 27.6. The van der Waals surface area contributed by atoms with Crippen molar-refractivity contribution in [2.24, 2.45) is 0 Å². The van der Waals surface area contributed by atoms with Crippen LogP contribution >= 0.6 is 0 Å². The monoisotopic (exact) mass is 494 g/mol. The summed E-state index contributed by atoms with van der Waals surface area (Å²) in [6.07, 6.45) is 1.66. The van der Waals surface area contributed by atoms with E-state index in [1.165, 1.54) is 35.9 Å². The van der Waals surface area contributed by atoms with Gasteiger partial charge in [-0.2, -0.15) is 5.10 Å². The molecule has 0 aliphatic carbocycles. The van der Waals surface area contributed by atoms with E-state index in [1.54, 1.807) is 30.5 Å². The maximum atomic E-state index is 13.3. The molecule has 5 rings (SSSR count). The molecule has 4 heterocycles. The Bertz CT molecular complexity index is 1450. The maximum absolute atomic E-state index is 13.3. The smallest absolute Gasteiger partial charge is 0.260 e. The Labute approximate surface area is 203 Å². The lowest BCUT2D eigenvalue weighted by Crippen LogP contribution is -2.61. The number of nitrogens with zero attached hydrogens (tertiary/aromatic N) is 6. The van der Waals surface area contributed by atoms with Gasteiger partial charge in [0.05, 0.1) is 37.5 Å². The Morgan fingerprint density at radius 2 is 2.17 bits per heavy atom. The fraction of sp³-hybridized carbons (Fsp3) is 0.273. The van der Waals surface area contributed by atoms with E-state index in [2.05, 4.69) is 25.8 Å². The van der Waals surface area contributed by atoms with E-state index in [4.69, 9.17) is 19.7 Å². The molecule has 0 spiro atoms. The number of carbonyl (C=O) groups excluding carboxylic acids is 2. The van der Waals surface area contributed by atoms with E-state index in [-0.39, 0.29) is 19.0 Å². The highest BCUT2D eigenvalue weighted by Gasteiger charge is 2.49. The quantitative estimate of drug-likeness (QED) is 0.339. The van der Waals surface area contributed by atoms with Gasteiger partial charge in [-0.1, -0.05) is 5.16 Å². The Morgan fingerprint density at radius 1 is 1.33 bits per heavy atom. The SMILES string of the molecule is COc1cc(-n2ccc(N3CCOC(C(C)(O)C(=O)Nc4ccc5c(N)noc5c4)C3=O)n2)cnn1. The minimum Gasteiger partial charge on any atom is -0.480 e. The molecule has 1 fully saturated rings. The van der Waals surface area contributed by atoms with Gasteiger partial charge in [-0.25, -0.2) is 4.68 Å². The van der Waals surface area contributed by atoms with Crippen LogP contribution in [0.15, 0.2) is 47.2 Å². The summed E-state index contributed by atoms with van der Waals surface area (Å²) >= 11 is 0. The van der Waals surface area contributed by atoms with Crippen molar-refractivity contribution in [1.29, 1.82) is 0 Å². The molecule has 4 N–H and O–H groups in total. The van der Waals surface area contributed by atoms with Crippen molar-refractivity contribution in [2.45, 2.75) is 18.6 Å². The molecule has 2 unspecified atom stereocenters. The highest BCUT2D eigenvalue weighted by molar-refractivity contribution is 6.06. The van der Waals surface area contributed by atoms with E-state index < -0.39 is 23.5 Å². The van der Waals surface area contributed by atoms with Gasteiger partial charge in [0.15, 0.2) is 28.9 Å². The molecule has 1 aliphatic heterocycles. The number of aliphatic hydroxyl groups is 1. The van der Waals surface area contributed by atoms with Gasteiger partial charge in [-0.3, -0.25) is 14.5 Å². The average Bonchev–Trinajstić information content (AvgIpc) is 3.51. The van der Waals surface area contributed by atoms with Crippen LogP contribution in [-0.4, -0.2) is 74.0 Å². The van der Waals surface area contributed by atoms with Crippen LogP contribution in [-0.2, 0) is 14.3 Å². The first-order chi connectivity index (χ1) is 17.3. The highest BCUT2D eigenvalue weighted by Crippen LogP contribution is 2.27. The number of methoxy groups -OCH3 is 1. The third-order valence-electron chi connectivity index (χ3n) is 5.76. The number of ether oxygens (including phenoxy) is 2. The summed E-state index contributed by atoms with van der Waals surface area (Å²) in [6.45, 7) is 1.49. The molecule has 0 radical (unpaired) electrons. The third-order valence-corrected chi connectivity index (χ3v) is 5.76. The first-order valence-corrected chi connectivity index (χ1v) is 10.8. The van der Waals surface area contributed by atoms with E-state index in [0.29, 0.717) is 34.0 Å². The van der Waals surface area contributed by atoms with Crippen molar-refractivity contribution >= 4 is 40.1 Å². The fourth-order valence-corrected chi connectivity index (χ4v) is 3.79. The van der Waals surface area contributed by atoms with Gasteiger partial charge in [0, 0.05) is 30.1 Å². The van der Waals surface area contributed by atoms with Crippen LogP contribution in [0, 0.1) is 0 Å². The van der Waals surface area contributed by atoms with Crippen LogP contribution in [0.5, 0.6) is 5.88 Å². The number of nitrogen functional groups attached to an aromatic ring is 1.